The van der Waals surface area contributed by atoms with Crippen LogP contribution in [0, 0.1) is 0 Å². The van der Waals surface area contributed by atoms with Crippen LogP contribution in [0.5, 0.6) is 0 Å². The Morgan fingerprint density at radius 1 is 0.220 bits per heavy atom. The largest absolute Gasteiger partial charge is 0.455 e. The second kappa shape index (κ2) is 13.4. The molecular weight excluding hydrogens is 713 g/mol. The Bertz CT molecular complexity index is 5480. The van der Waals surface area contributed by atoms with Crippen LogP contribution in [0.3, 0.4) is 0 Å². The van der Waals surface area contributed by atoms with Gasteiger partial charge in [-0.3, -0.25) is 0 Å². The summed E-state index contributed by atoms with van der Waals surface area (Å²) in [6, 6.07) is -38.5. The van der Waals surface area contributed by atoms with Gasteiger partial charge in [0.25, 0.3) is 0 Å². The van der Waals surface area contributed by atoms with Crippen molar-refractivity contribution in [2.24, 2.45) is 0 Å². The van der Waals surface area contributed by atoms with Crippen molar-refractivity contribution >= 4 is 65.0 Å². The summed E-state index contributed by atoms with van der Waals surface area (Å²) in [6.45, 7) is 0. The molecule has 1 heteroatoms. The minimum absolute atomic E-state index is 0.650. The SMILES string of the molecule is [2H]c1c([2H])c([2H])c(-c2c([2H])c([2H])c(-c3c4c([2H])c([2H])c([2H])c([2H])c4c(-c4c5c([2H])c([2H])c([2H])c([2H])c5c(-c5c([2H])c([2H])c([2H])c6c5oc5c(-c7c([2H])c([2H])c([2H])c([2H])c7[2H])c([2H])c([2H])c([2H])c56)c5c([2H])c([2H])c([2H])c([2H])c45)c4c([2H])c([2H])c([2H])c([2H])c34)c([2H])c2[2H])c([2H])c1[2H]. The monoisotopic (exact) mass is 785 g/mol. The van der Waals surface area contributed by atoms with Gasteiger partial charge in [-0.05, 0) is 82.0 Å². The number of rotatable bonds is 5. The maximum absolute atomic E-state index is 9.92. The predicted molar refractivity (Wildman–Crippen MR) is 251 cm³/mol. The first-order valence-corrected chi connectivity index (χ1v) is 17.4. The van der Waals surface area contributed by atoms with E-state index in [1.165, 1.54) is 0 Å². The fourth-order valence-corrected chi connectivity index (χ4v) is 7.36. The predicted octanol–water partition coefficient (Wildman–Crippen LogP) is 16.5. The molecule has 0 saturated carbocycles. The number of hydrogen-bond acceptors (Lipinski definition) is 1. The highest BCUT2D eigenvalue weighted by Crippen LogP contribution is 2.51. The van der Waals surface area contributed by atoms with Crippen LogP contribution in [0.2, 0.25) is 0 Å². The van der Waals surface area contributed by atoms with Gasteiger partial charge < -0.3 is 4.42 Å². The molecule has 59 heavy (non-hydrogen) atoms. The topological polar surface area (TPSA) is 13.1 Å². The molecule has 0 atom stereocenters. The summed E-state index contributed by atoms with van der Waals surface area (Å²) in [5, 5.41) is -8.73. The van der Waals surface area contributed by atoms with Crippen LogP contribution in [0.25, 0.3) is 121 Å². The Balaban J connectivity index is 1.40. The van der Waals surface area contributed by atoms with Crippen LogP contribution < -0.4 is 0 Å². The second-order valence-corrected chi connectivity index (χ2v) is 12.8. The molecule has 11 aromatic carbocycles. The van der Waals surface area contributed by atoms with Crippen molar-refractivity contribution in [2.45, 2.75) is 0 Å². The maximum Gasteiger partial charge on any atom is 0.143 e. The smallest absolute Gasteiger partial charge is 0.143 e. The highest BCUT2D eigenvalue weighted by molar-refractivity contribution is 6.31. The summed E-state index contributed by atoms with van der Waals surface area (Å²) < 4.78 is 338. The lowest BCUT2D eigenvalue weighted by Gasteiger charge is -2.22. The molecule has 1 nitrogen and oxygen atoms in total. The lowest BCUT2D eigenvalue weighted by Crippen LogP contribution is -1.94. The average molecular weight is 785 g/mol. The quantitative estimate of drug-likeness (QED) is 0.158. The highest BCUT2D eigenvalue weighted by Gasteiger charge is 2.24. The Hall–Kier alpha value is -7.74. The van der Waals surface area contributed by atoms with Crippen LogP contribution in [0.15, 0.2) is 222 Å². The van der Waals surface area contributed by atoms with Crippen molar-refractivity contribution < 1.29 is 53.8 Å². The van der Waals surface area contributed by atoms with Crippen LogP contribution in [-0.2, 0) is 0 Å². The summed E-state index contributed by atoms with van der Waals surface area (Å²) in [6.07, 6.45) is 0. The molecule has 12 rings (SSSR count). The van der Waals surface area contributed by atoms with E-state index in [1.807, 2.05) is 0 Å². The van der Waals surface area contributed by atoms with E-state index in [0.29, 0.717) is 0 Å². The van der Waals surface area contributed by atoms with Crippen molar-refractivity contribution in [1.82, 2.24) is 0 Å². The molecular formula is C58H36O. The van der Waals surface area contributed by atoms with Gasteiger partial charge in [0.2, 0.25) is 0 Å². The Labute approximate surface area is 392 Å². The molecule has 0 spiro atoms. The zero-order chi connectivity index (χ0) is 70.2. The summed E-state index contributed by atoms with van der Waals surface area (Å²) >= 11 is 0. The maximum atomic E-state index is 9.92. The van der Waals surface area contributed by atoms with Gasteiger partial charge in [-0.25, -0.2) is 0 Å². The lowest BCUT2D eigenvalue weighted by atomic mass is 9.81. The summed E-state index contributed by atoms with van der Waals surface area (Å²) in [4.78, 5) is 0. The standard InChI is InChI=1S/C58H36O/c1-3-17-37(18-4-1)38-33-35-40(36-34-38)53-42-21-7-11-25-46(42)55(47-26-12-8-22-43(47)53)56-48-27-13-9-23-44(48)54(45-24-10-14-28-49(45)56)52-32-16-31-51-50-30-15-29-41(57(50)59-58(51)52)39-19-5-2-6-20-39/h1-36H/i1D,2D,3D,4D,5D,6D,7D,8D,9D,10D,11D,12D,13D,14D,15D,16D,17D,18D,19D,20D,21D,22D,23D,24D,25D,26D,27D,28D,29D,30D,31D,32D,33D,34D,35D,36D. The van der Waals surface area contributed by atoms with Crippen LogP contribution in [0.4, 0.5) is 0 Å². The number of hydrogen-bond donors (Lipinski definition) is 0. The Morgan fingerprint density at radius 3 is 1.02 bits per heavy atom. The molecule has 0 bridgehead atoms. The first-order valence-electron chi connectivity index (χ1n) is 35.4. The van der Waals surface area contributed by atoms with Crippen molar-refractivity contribution in [2.75, 3.05) is 0 Å². The molecule has 274 valence electrons. The van der Waals surface area contributed by atoms with Gasteiger partial charge in [0.1, 0.15) is 11.2 Å². The summed E-state index contributed by atoms with van der Waals surface area (Å²) in [5.74, 6) is 0. The molecule has 0 saturated heterocycles. The number of benzene rings is 11. The van der Waals surface area contributed by atoms with Crippen molar-refractivity contribution in [3.63, 3.8) is 0 Å². The molecule has 0 radical (unpaired) electrons. The number of para-hydroxylation sites is 2. The van der Waals surface area contributed by atoms with Crippen LogP contribution >= 0.6 is 0 Å². The number of fused-ring (bicyclic) bond motifs is 7. The minimum atomic E-state index is -1.18. The van der Waals surface area contributed by atoms with Crippen LogP contribution in [-0.4, -0.2) is 0 Å². The molecule has 0 unspecified atom stereocenters. The van der Waals surface area contributed by atoms with E-state index >= 15 is 0 Å². The van der Waals surface area contributed by atoms with Crippen molar-refractivity contribution in [1.29, 1.82) is 0 Å². The molecule has 1 aromatic heterocycles. The second-order valence-electron chi connectivity index (χ2n) is 12.8. The molecule has 0 N–H and O–H groups in total. The number of furan rings is 1. The van der Waals surface area contributed by atoms with E-state index in [1.54, 1.807) is 0 Å². The lowest BCUT2D eigenvalue weighted by molar-refractivity contribution is 0.671. The fourth-order valence-electron chi connectivity index (χ4n) is 7.36. The summed E-state index contributed by atoms with van der Waals surface area (Å²) in [7, 11) is 0. The zero-order valence-corrected chi connectivity index (χ0v) is 29.4. The molecule has 0 aliphatic heterocycles. The first-order chi connectivity index (χ1) is 44.3. The molecule has 0 aliphatic rings. The van der Waals surface area contributed by atoms with E-state index in [4.69, 9.17) is 23.6 Å². The molecule has 1 heterocycles. The Kier molecular flexibility index (Phi) is 3.05. The van der Waals surface area contributed by atoms with Gasteiger partial charge in [-0.1, -0.05) is 218 Å². The van der Waals surface area contributed by atoms with E-state index in [2.05, 4.69) is 0 Å². The van der Waals surface area contributed by atoms with E-state index in [-0.39, 0.29) is 0 Å². The van der Waals surface area contributed by atoms with Gasteiger partial charge in [-0.2, -0.15) is 0 Å². The zero-order valence-electron chi connectivity index (χ0n) is 65.4. The third kappa shape index (κ3) is 5.18. The van der Waals surface area contributed by atoms with Gasteiger partial charge in [0.05, 0.1) is 49.3 Å². The molecule has 0 aliphatic carbocycles. The van der Waals surface area contributed by atoms with E-state index in [9.17, 15) is 30.2 Å². The van der Waals surface area contributed by atoms with Gasteiger partial charge >= 0.3 is 0 Å². The highest BCUT2D eigenvalue weighted by atomic mass is 16.3. The Morgan fingerprint density at radius 2 is 0.542 bits per heavy atom. The van der Waals surface area contributed by atoms with E-state index in [0.717, 1.165) is 0 Å². The average Bonchev–Trinajstić information content (AvgIpc) is 1.35. The van der Waals surface area contributed by atoms with Gasteiger partial charge in [0.15, 0.2) is 0 Å². The molecule has 12 aromatic rings. The minimum Gasteiger partial charge on any atom is -0.455 e. The fraction of sp³-hybridized carbons (Fsp3) is 0. The summed E-state index contributed by atoms with van der Waals surface area (Å²) in [5.41, 5.74) is -10.3. The first kappa shape index (κ1) is 13.4. The third-order valence-corrected chi connectivity index (χ3v) is 9.74. The van der Waals surface area contributed by atoms with Gasteiger partial charge in [0, 0.05) is 27.5 Å². The third-order valence-electron chi connectivity index (χ3n) is 9.74. The molecule has 0 fully saturated rings. The van der Waals surface area contributed by atoms with Gasteiger partial charge in [-0.15, -0.1) is 0 Å². The van der Waals surface area contributed by atoms with E-state index < -0.39 is 338 Å². The van der Waals surface area contributed by atoms with Crippen molar-refractivity contribution in [3.8, 4) is 55.6 Å². The van der Waals surface area contributed by atoms with Crippen molar-refractivity contribution in [3.05, 3.63) is 218 Å². The molecule has 0 amide bonds. The van der Waals surface area contributed by atoms with Crippen LogP contribution in [0.1, 0.15) is 49.3 Å². The normalized spacial score (nSPS) is 20.3.